The zero-order valence-electron chi connectivity index (χ0n) is 11.0. The molecule has 100 valence electrons. The Hall–Kier alpha value is -2.26. The zero-order valence-corrected chi connectivity index (χ0v) is 11.8. The average molecular weight is 284 g/mol. The highest BCUT2D eigenvalue weighted by molar-refractivity contribution is 6.33. The molecule has 3 aromatic rings. The third-order valence-corrected chi connectivity index (χ3v) is 3.63. The Morgan fingerprint density at radius 2 is 1.65 bits per heavy atom. The first-order chi connectivity index (χ1) is 9.68. The molecule has 4 heteroatoms. The lowest BCUT2D eigenvalue weighted by molar-refractivity contribution is 0.895. The van der Waals surface area contributed by atoms with Gasteiger partial charge in [0, 0.05) is 11.1 Å². The summed E-state index contributed by atoms with van der Waals surface area (Å²) in [6.07, 6.45) is 0. The van der Waals surface area contributed by atoms with Crippen molar-refractivity contribution in [2.75, 3.05) is 5.73 Å². The summed E-state index contributed by atoms with van der Waals surface area (Å²) in [6.45, 7) is 1.96. The minimum absolute atomic E-state index is 0.631. The van der Waals surface area contributed by atoms with Gasteiger partial charge in [0.25, 0.3) is 0 Å². The molecule has 0 aliphatic rings. The second-order valence-electron chi connectivity index (χ2n) is 4.59. The fourth-order valence-electron chi connectivity index (χ4n) is 2.18. The lowest BCUT2D eigenvalue weighted by Gasteiger charge is -2.03. The first kappa shape index (κ1) is 12.8. The summed E-state index contributed by atoms with van der Waals surface area (Å²) in [4.78, 5) is 0. The second-order valence-corrected chi connectivity index (χ2v) is 4.99. The van der Waals surface area contributed by atoms with Crippen LogP contribution in [0.3, 0.4) is 0 Å². The summed E-state index contributed by atoms with van der Waals surface area (Å²) >= 11 is 6.25. The van der Waals surface area contributed by atoms with E-state index in [1.165, 1.54) is 0 Å². The molecule has 0 atom stereocenters. The van der Waals surface area contributed by atoms with Crippen LogP contribution in [0.5, 0.6) is 0 Å². The maximum absolute atomic E-state index is 6.25. The molecule has 0 radical (unpaired) electrons. The summed E-state index contributed by atoms with van der Waals surface area (Å²) in [5.41, 5.74) is 9.76. The SMILES string of the molecule is Cc1c(-c2ccccc2Cl)nn(-c2ccccc2)c1N. The Labute approximate surface area is 122 Å². The molecule has 0 amide bonds. The molecule has 1 heterocycles. The average Bonchev–Trinajstić information content (AvgIpc) is 2.77. The molecule has 3 nitrogen and oxygen atoms in total. The highest BCUT2D eigenvalue weighted by Crippen LogP contribution is 2.32. The van der Waals surface area contributed by atoms with E-state index in [2.05, 4.69) is 5.10 Å². The van der Waals surface area contributed by atoms with Crippen molar-refractivity contribution in [2.45, 2.75) is 6.92 Å². The molecule has 0 saturated carbocycles. The fraction of sp³-hybridized carbons (Fsp3) is 0.0625. The Morgan fingerprint density at radius 3 is 2.35 bits per heavy atom. The van der Waals surface area contributed by atoms with Gasteiger partial charge in [-0.25, -0.2) is 4.68 Å². The quantitative estimate of drug-likeness (QED) is 0.770. The standard InChI is InChI=1S/C16H14ClN3/c1-11-15(13-9-5-6-10-14(13)17)19-20(16(11)18)12-7-3-2-4-8-12/h2-10H,18H2,1H3. The van der Waals surface area contributed by atoms with Crippen LogP contribution in [-0.2, 0) is 0 Å². The Bertz CT molecular complexity index is 748. The van der Waals surface area contributed by atoms with Crippen LogP contribution in [0.15, 0.2) is 54.6 Å². The Morgan fingerprint density at radius 1 is 1.00 bits per heavy atom. The van der Waals surface area contributed by atoms with Crippen molar-refractivity contribution in [1.29, 1.82) is 0 Å². The maximum atomic E-state index is 6.25. The number of anilines is 1. The number of para-hydroxylation sites is 1. The zero-order chi connectivity index (χ0) is 14.1. The minimum Gasteiger partial charge on any atom is -0.383 e. The van der Waals surface area contributed by atoms with E-state index in [4.69, 9.17) is 17.3 Å². The molecule has 20 heavy (non-hydrogen) atoms. The van der Waals surface area contributed by atoms with Gasteiger partial charge in [0.1, 0.15) is 5.82 Å². The number of nitrogens with two attached hydrogens (primary N) is 1. The highest BCUT2D eigenvalue weighted by Gasteiger charge is 2.16. The summed E-state index contributed by atoms with van der Waals surface area (Å²) in [6, 6.07) is 17.5. The van der Waals surface area contributed by atoms with Crippen LogP contribution < -0.4 is 5.73 Å². The van der Waals surface area contributed by atoms with Crippen molar-refractivity contribution in [3.63, 3.8) is 0 Å². The number of hydrogen-bond acceptors (Lipinski definition) is 2. The van der Waals surface area contributed by atoms with Crippen molar-refractivity contribution < 1.29 is 0 Å². The molecule has 1 aromatic heterocycles. The molecule has 0 bridgehead atoms. The molecule has 0 spiro atoms. The largest absolute Gasteiger partial charge is 0.383 e. The predicted octanol–water partition coefficient (Wildman–Crippen LogP) is 4.08. The van der Waals surface area contributed by atoms with Gasteiger partial charge in [-0.15, -0.1) is 0 Å². The normalized spacial score (nSPS) is 10.7. The van der Waals surface area contributed by atoms with Gasteiger partial charge in [-0.05, 0) is 25.1 Å². The van der Waals surface area contributed by atoms with E-state index in [-0.39, 0.29) is 0 Å². The number of nitrogens with zero attached hydrogens (tertiary/aromatic N) is 2. The van der Waals surface area contributed by atoms with Crippen LogP contribution in [-0.4, -0.2) is 9.78 Å². The summed E-state index contributed by atoms with van der Waals surface area (Å²) in [5, 5.41) is 5.29. The number of nitrogen functional groups attached to an aromatic ring is 1. The molecule has 2 N–H and O–H groups in total. The number of hydrogen-bond donors (Lipinski definition) is 1. The van der Waals surface area contributed by atoms with E-state index in [9.17, 15) is 0 Å². The van der Waals surface area contributed by atoms with Gasteiger partial charge in [-0.2, -0.15) is 5.10 Å². The highest BCUT2D eigenvalue weighted by atomic mass is 35.5. The third-order valence-electron chi connectivity index (χ3n) is 3.30. The first-order valence-electron chi connectivity index (χ1n) is 6.34. The van der Waals surface area contributed by atoms with Gasteiger partial charge < -0.3 is 5.73 Å². The molecular formula is C16H14ClN3. The van der Waals surface area contributed by atoms with Crippen LogP contribution in [0.1, 0.15) is 5.56 Å². The van der Waals surface area contributed by atoms with Crippen LogP contribution in [0.4, 0.5) is 5.82 Å². The van der Waals surface area contributed by atoms with Gasteiger partial charge in [0.2, 0.25) is 0 Å². The van der Waals surface area contributed by atoms with Crippen molar-refractivity contribution >= 4 is 17.4 Å². The molecule has 3 rings (SSSR count). The number of aromatic nitrogens is 2. The van der Waals surface area contributed by atoms with Gasteiger partial charge in [-0.1, -0.05) is 48.0 Å². The number of benzene rings is 2. The van der Waals surface area contributed by atoms with Crippen molar-refractivity contribution in [3.8, 4) is 16.9 Å². The van der Waals surface area contributed by atoms with E-state index in [1.54, 1.807) is 4.68 Å². The van der Waals surface area contributed by atoms with Gasteiger partial charge in [0.05, 0.1) is 16.4 Å². The van der Waals surface area contributed by atoms with E-state index in [0.717, 1.165) is 22.5 Å². The molecule has 2 aromatic carbocycles. The van der Waals surface area contributed by atoms with Gasteiger partial charge >= 0.3 is 0 Å². The number of rotatable bonds is 2. The minimum atomic E-state index is 0.631. The fourth-order valence-corrected chi connectivity index (χ4v) is 2.41. The van der Waals surface area contributed by atoms with Crippen LogP contribution >= 0.6 is 11.6 Å². The van der Waals surface area contributed by atoms with Crippen molar-refractivity contribution in [1.82, 2.24) is 9.78 Å². The molecule has 0 fully saturated rings. The van der Waals surface area contributed by atoms with Crippen molar-refractivity contribution in [2.24, 2.45) is 0 Å². The van der Waals surface area contributed by atoms with Crippen LogP contribution in [0.2, 0.25) is 5.02 Å². The number of halogens is 1. The topological polar surface area (TPSA) is 43.8 Å². The lowest BCUT2D eigenvalue weighted by atomic mass is 10.1. The monoisotopic (exact) mass is 283 g/mol. The summed E-state index contributed by atoms with van der Waals surface area (Å²) in [5.74, 6) is 0.631. The molecule has 0 aliphatic heterocycles. The van der Waals surface area contributed by atoms with E-state index in [0.29, 0.717) is 10.8 Å². The van der Waals surface area contributed by atoms with Crippen LogP contribution in [0.25, 0.3) is 16.9 Å². The predicted molar refractivity (Wildman–Crippen MR) is 83.2 cm³/mol. The van der Waals surface area contributed by atoms with Crippen LogP contribution in [0, 0.1) is 6.92 Å². The Balaban J connectivity index is 2.19. The first-order valence-corrected chi connectivity index (χ1v) is 6.71. The van der Waals surface area contributed by atoms with Gasteiger partial charge in [-0.3, -0.25) is 0 Å². The van der Waals surface area contributed by atoms with Gasteiger partial charge in [0.15, 0.2) is 0 Å². The lowest BCUT2D eigenvalue weighted by Crippen LogP contribution is -2.01. The summed E-state index contributed by atoms with van der Waals surface area (Å²) in [7, 11) is 0. The summed E-state index contributed by atoms with van der Waals surface area (Å²) < 4.78 is 1.74. The third kappa shape index (κ3) is 2.06. The maximum Gasteiger partial charge on any atom is 0.130 e. The van der Waals surface area contributed by atoms with E-state index >= 15 is 0 Å². The molecule has 0 saturated heterocycles. The van der Waals surface area contributed by atoms with Crippen molar-refractivity contribution in [3.05, 3.63) is 65.2 Å². The van der Waals surface area contributed by atoms with E-state index < -0.39 is 0 Å². The van der Waals surface area contributed by atoms with E-state index in [1.807, 2.05) is 61.5 Å². The molecular weight excluding hydrogens is 270 g/mol. The second kappa shape index (κ2) is 5.02. The Kier molecular flexibility index (Phi) is 3.20. The molecule has 0 aliphatic carbocycles. The molecule has 0 unspecified atom stereocenters. The smallest absolute Gasteiger partial charge is 0.130 e.